The zero-order valence-electron chi connectivity index (χ0n) is 10.8. The Morgan fingerprint density at radius 1 is 1.50 bits per heavy atom. The summed E-state index contributed by atoms with van der Waals surface area (Å²) in [4.78, 5) is 13.9. The van der Waals surface area contributed by atoms with Crippen LogP contribution in [0.2, 0.25) is 0 Å². The second kappa shape index (κ2) is 4.83. The summed E-state index contributed by atoms with van der Waals surface area (Å²) in [7, 11) is 1.97. The lowest BCUT2D eigenvalue weighted by atomic mass is 9.87. The van der Waals surface area contributed by atoms with Gasteiger partial charge in [-0.05, 0) is 31.5 Å². The van der Waals surface area contributed by atoms with Crippen molar-refractivity contribution >= 4 is 5.78 Å². The fourth-order valence-electron chi connectivity index (χ4n) is 1.54. The molecule has 0 aliphatic carbocycles. The number of nitrogens with zero attached hydrogens (tertiary/aromatic N) is 1. The smallest absolute Gasteiger partial charge is 0.211 e. The first-order chi connectivity index (χ1) is 7.32. The van der Waals surface area contributed by atoms with Crippen molar-refractivity contribution in [1.29, 1.82) is 0 Å². The van der Waals surface area contributed by atoms with E-state index >= 15 is 0 Å². The molecule has 3 nitrogen and oxygen atoms in total. The molecule has 1 unspecified atom stereocenters. The van der Waals surface area contributed by atoms with E-state index in [2.05, 4.69) is 32.6 Å². The van der Waals surface area contributed by atoms with Gasteiger partial charge in [0.25, 0.3) is 0 Å². The van der Waals surface area contributed by atoms with Crippen LogP contribution in [0.3, 0.4) is 0 Å². The number of carbonyl (C=O) groups is 1. The molecule has 0 amide bonds. The highest BCUT2D eigenvalue weighted by molar-refractivity contribution is 5.94. The quantitative estimate of drug-likeness (QED) is 0.736. The van der Waals surface area contributed by atoms with Gasteiger partial charge in [0.1, 0.15) is 0 Å². The molecule has 1 rings (SSSR count). The van der Waals surface area contributed by atoms with Gasteiger partial charge in [-0.2, -0.15) is 0 Å². The molecule has 0 aliphatic rings. The molecule has 1 heterocycles. The predicted molar refractivity (Wildman–Crippen MR) is 64.6 cm³/mol. The summed E-state index contributed by atoms with van der Waals surface area (Å²) in [6.07, 6.45) is 1.53. The minimum absolute atomic E-state index is 0.0311. The zero-order chi connectivity index (χ0) is 12.3. The van der Waals surface area contributed by atoms with E-state index in [0.717, 1.165) is 0 Å². The Kier molecular flexibility index (Phi) is 3.92. The van der Waals surface area contributed by atoms with E-state index in [9.17, 15) is 4.79 Å². The number of ketones is 1. The Morgan fingerprint density at radius 2 is 2.12 bits per heavy atom. The summed E-state index contributed by atoms with van der Waals surface area (Å²) in [6.45, 7) is 9.05. The zero-order valence-corrected chi connectivity index (χ0v) is 10.8. The van der Waals surface area contributed by atoms with Gasteiger partial charge >= 0.3 is 0 Å². The lowest BCUT2D eigenvalue weighted by Gasteiger charge is -2.34. The molecule has 1 atom stereocenters. The van der Waals surface area contributed by atoms with E-state index in [-0.39, 0.29) is 11.2 Å². The molecule has 0 aromatic carbocycles. The second-order valence-corrected chi connectivity index (χ2v) is 5.36. The van der Waals surface area contributed by atoms with Crippen LogP contribution < -0.4 is 0 Å². The van der Waals surface area contributed by atoms with Crippen LogP contribution in [-0.4, -0.2) is 30.3 Å². The number of carbonyl (C=O) groups excluding carboxylic acids is 1. The van der Waals surface area contributed by atoms with Gasteiger partial charge in [-0.1, -0.05) is 20.8 Å². The van der Waals surface area contributed by atoms with Gasteiger partial charge < -0.3 is 4.42 Å². The highest BCUT2D eigenvalue weighted by Gasteiger charge is 2.25. The number of hydrogen-bond acceptors (Lipinski definition) is 3. The molecule has 0 spiro atoms. The number of furan rings is 1. The van der Waals surface area contributed by atoms with Crippen LogP contribution in [0.25, 0.3) is 0 Å². The fraction of sp³-hybridized carbons (Fsp3) is 0.615. The molecule has 0 N–H and O–H groups in total. The number of hydrogen-bond donors (Lipinski definition) is 0. The van der Waals surface area contributed by atoms with Gasteiger partial charge in [0, 0.05) is 6.04 Å². The molecule has 0 aliphatic heterocycles. The SMILES string of the molecule is CC(N(C)CC(=O)c1ccco1)C(C)(C)C. The molecule has 0 saturated carbocycles. The van der Waals surface area contributed by atoms with Crippen LogP contribution >= 0.6 is 0 Å². The van der Waals surface area contributed by atoms with E-state index in [1.165, 1.54) is 6.26 Å². The molecule has 1 aromatic heterocycles. The van der Waals surface area contributed by atoms with E-state index < -0.39 is 0 Å². The first-order valence-electron chi connectivity index (χ1n) is 5.59. The molecular formula is C13H21NO2. The normalized spacial score (nSPS) is 14.1. The lowest BCUT2D eigenvalue weighted by Crippen LogP contribution is -2.41. The summed E-state index contributed by atoms with van der Waals surface area (Å²) in [5, 5.41) is 0. The van der Waals surface area contributed by atoms with Gasteiger partial charge in [-0.25, -0.2) is 0 Å². The third-order valence-electron chi connectivity index (χ3n) is 3.10. The van der Waals surface area contributed by atoms with Crippen LogP contribution in [0.15, 0.2) is 22.8 Å². The number of Topliss-reactive ketones (excluding diaryl/α,β-unsaturated/α-hetero) is 1. The monoisotopic (exact) mass is 223 g/mol. The largest absolute Gasteiger partial charge is 0.461 e. The van der Waals surface area contributed by atoms with E-state index in [4.69, 9.17) is 4.42 Å². The Labute approximate surface area is 97.4 Å². The Bertz CT molecular complexity index is 335. The van der Waals surface area contributed by atoms with Crippen molar-refractivity contribution in [2.24, 2.45) is 5.41 Å². The minimum atomic E-state index is 0.0311. The van der Waals surface area contributed by atoms with Crippen LogP contribution in [0.4, 0.5) is 0 Å². The number of likely N-dealkylation sites (N-methyl/N-ethyl adjacent to an activating group) is 1. The maximum absolute atomic E-state index is 11.8. The molecule has 1 aromatic rings. The Balaban J connectivity index is 2.58. The van der Waals surface area contributed by atoms with Crippen molar-refractivity contribution in [2.75, 3.05) is 13.6 Å². The van der Waals surface area contributed by atoms with Crippen molar-refractivity contribution < 1.29 is 9.21 Å². The molecule has 90 valence electrons. The van der Waals surface area contributed by atoms with E-state index in [1.807, 2.05) is 7.05 Å². The summed E-state index contributed by atoms with van der Waals surface area (Å²) in [5.74, 6) is 0.469. The Morgan fingerprint density at radius 3 is 2.56 bits per heavy atom. The molecular weight excluding hydrogens is 202 g/mol. The minimum Gasteiger partial charge on any atom is -0.461 e. The maximum Gasteiger partial charge on any atom is 0.211 e. The maximum atomic E-state index is 11.8. The average Bonchev–Trinajstić information content (AvgIpc) is 2.67. The van der Waals surface area contributed by atoms with E-state index in [0.29, 0.717) is 18.3 Å². The Hall–Kier alpha value is -1.09. The first kappa shape index (κ1) is 13.0. The van der Waals surface area contributed by atoms with Gasteiger partial charge in [0.2, 0.25) is 5.78 Å². The molecule has 0 bridgehead atoms. The third-order valence-corrected chi connectivity index (χ3v) is 3.10. The molecule has 0 fully saturated rings. The van der Waals surface area contributed by atoms with Crippen LogP contribution in [0, 0.1) is 5.41 Å². The van der Waals surface area contributed by atoms with Gasteiger partial charge in [-0.3, -0.25) is 9.69 Å². The highest BCUT2D eigenvalue weighted by Crippen LogP contribution is 2.23. The molecule has 0 saturated heterocycles. The van der Waals surface area contributed by atoms with Crippen LogP contribution in [0.1, 0.15) is 38.2 Å². The first-order valence-corrected chi connectivity index (χ1v) is 5.59. The molecule has 3 heteroatoms. The standard InChI is InChI=1S/C13H21NO2/c1-10(13(2,3)4)14(5)9-11(15)12-7-6-8-16-12/h6-8,10H,9H2,1-5H3. The van der Waals surface area contributed by atoms with Crippen LogP contribution in [0.5, 0.6) is 0 Å². The summed E-state index contributed by atoms with van der Waals surface area (Å²) in [6, 6.07) is 3.78. The third kappa shape index (κ3) is 3.20. The van der Waals surface area contributed by atoms with Gasteiger partial charge in [0.15, 0.2) is 5.76 Å². The average molecular weight is 223 g/mol. The number of rotatable bonds is 4. The summed E-state index contributed by atoms with van der Waals surface area (Å²) in [5.41, 5.74) is 0.165. The highest BCUT2D eigenvalue weighted by atomic mass is 16.3. The topological polar surface area (TPSA) is 33.5 Å². The van der Waals surface area contributed by atoms with Crippen molar-refractivity contribution in [3.8, 4) is 0 Å². The van der Waals surface area contributed by atoms with Crippen molar-refractivity contribution in [2.45, 2.75) is 33.7 Å². The lowest BCUT2D eigenvalue weighted by molar-refractivity contribution is 0.0828. The van der Waals surface area contributed by atoms with Crippen molar-refractivity contribution in [3.05, 3.63) is 24.2 Å². The molecule has 16 heavy (non-hydrogen) atoms. The predicted octanol–water partition coefficient (Wildman–Crippen LogP) is 2.83. The summed E-state index contributed by atoms with van der Waals surface area (Å²) < 4.78 is 5.09. The fourth-order valence-corrected chi connectivity index (χ4v) is 1.54. The molecule has 0 radical (unpaired) electrons. The summed E-state index contributed by atoms with van der Waals surface area (Å²) >= 11 is 0. The van der Waals surface area contributed by atoms with Crippen LogP contribution in [-0.2, 0) is 0 Å². The van der Waals surface area contributed by atoms with E-state index in [1.54, 1.807) is 12.1 Å². The van der Waals surface area contributed by atoms with Gasteiger partial charge in [-0.15, -0.1) is 0 Å². The van der Waals surface area contributed by atoms with Gasteiger partial charge in [0.05, 0.1) is 12.8 Å². The van der Waals surface area contributed by atoms with Crippen molar-refractivity contribution in [3.63, 3.8) is 0 Å². The second-order valence-electron chi connectivity index (χ2n) is 5.36. The van der Waals surface area contributed by atoms with Crippen molar-refractivity contribution in [1.82, 2.24) is 4.90 Å².